The molecule has 1 aliphatic rings. The molecule has 3 nitrogen and oxygen atoms in total. The van der Waals surface area contributed by atoms with E-state index in [2.05, 4.69) is 20.8 Å². The monoisotopic (exact) mass is 258 g/mol. The number of ether oxygens (including phenoxy) is 1. The highest BCUT2D eigenvalue weighted by Gasteiger charge is 2.46. The first kappa shape index (κ1) is 15.9. The third kappa shape index (κ3) is 4.87. The molecule has 2 atom stereocenters. The molecule has 1 aliphatic carbocycles. The Bertz CT molecular complexity index is 267. The van der Waals surface area contributed by atoms with Crippen molar-refractivity contribution in [2.45, 2.75) is 79.1 Å². The molecule has 1 fully saturated rings. The van der Waals surface area contributed by atoms with E-state index in [1.165, 1.54) is 6.42 Å². The van der Waals surface area contributed by atoms with Crippen LogP contribution in [0.5, 0.6) is 0 Å². The smallest absolute Gasteiger partial charge is 0.202 e. The topological polar surface area (TPSA) is 27.7 Å². The van der Waals surface area contributed by atoms with Crippen LogP contribution in [0.3, 0.4) is 0 Å². The van der Waals surface area contributed by atoms with Crippen LogP contribution in [-0.4, -0.2) is 18.0 Å². The molecule has 0 N–H and O–H groups in total. The maximum Gasteiger partial charge on any atom is 0.202 e. The van der Waals surface area contributed by atoms with Gasteiger partial charge in [-0.25, -0.2) is 9.78 Å². The Morgan fingerprint density at radius 2 is 1.78 bits per heavy atom. The quantitative estimate of drug-likeness (QED) is 0.427. The van der Waals surface area contributed by atoms with Gasteiger partial charge in [0.2, 0.25) is 5.79 Å². The van der Waals surface area contributed by atoms with E-state index < -0.39 is 5.79 Å². The van der Waals surface area contributed by atoms with Crippen LogP contribution in [0, 0.1) is 11.3 Å². The minimum absolute atomic E-state index is 0.230. The van der Waals surface area contributed by atoms with E-state index in [1.807, 2.05) is 27.7 Å². The van der Waals surface area contributed by atoms with E-state index >= 15 is 0 Å². The van der Waals surface area contributed by atoms with Gasteiger partial charge in [0.25, 0.3) is 0 Å². The van der Waals surface area contributed by atoms with Gasteiger partial charge in [0.15, 0.2) is 0 Å². The zero-order valence-electron chi connectivity index (χ0n) is 13.1. The van der Waals surface area contributed by atoms with Gasteiger partial charge in [0.05, 0.1) is 5.60 Å². The van der Waals surface area contributed by atoms with Crippen molar-refractivity contribution in [3.05, 3.63) is 0 Å². The lowest BCUT2D eigenvalue weighted by atomic mass is 9.70. The summed E-state index contributed by atoms with van der Waals surface area (Å²) in [7, 11) is 0. The average Bonchev–Trinajstić information content (AvgIpc) is 2.10. The fourth-order valence-corrected chi connectivity index (χ4v) is 3.08. The van der Waals surface area contributed by atoms with Crippen LogP contribution >= 0.6 is 0 Å². The van der Waals surface area contributed by atoms with Crippen LogP contribution < -0.4 is 0 Å². The third-order valence-corrected chi connectivity index (χ3v) is 3.16. The van der Waals surface area contributed by atoms with Gasteiger partial charge >= 0.3 is 0 Å². The Morgan fingerprint density at radius 1 is 1.17 bits per heavy atom. The van der Waals surface area contributed by atoms with Crippen LogP contribution in [0.4, 0.5) is 0 Å². The summed E-state index contributed by atoms with van der Waals surface area (Å²) >= 11 is 0. The molecule has 0 aliphatic heterocycles. The van der Waals surface area contributed by atoms with Gasteiger partial charge in [-0.1, -0.05) is 20.8 Å². The second-order valence-electron chi connectivity index (χ2n) is 7.48. The van der Waals surface area contributed by atoms with Crippen molar-refractivity contribution in [2.75, 3.05) is 6.61 Å². The Hall–Kier alpha value is -0.120. The second-order valence-corrected chi connectivity index (χ2v) is 7.48. The predicted octanol–water partition coefficient (Wildman–Crippen LogP) is 4.31. The van der Waals surface area contributed by atoms with Gasteiger partial charge in [-0.05, 0) is 45.4 Å². The van der Waals surface area contributed by atoms with Crippen molar-refractivity contribution in [3.8, 4) is 0 Å². The normalized spacial score (nSPS) is 32.5. The molecule has 0 bridgehead atoms. The molecule has 3 heteroatoms. The highest BCUT2D eigenvalue weighted by molar-refractivity contribution is 4.88. The van der Waals surface area contributed by atoms with Crippen molar-refractivity contribution in [1.82, 2.24) is 0 Å². The van der Waals surface area contributed by atoms with Gasteiger partial charge in [0.1, 0.15) is 0 Å². The van der Waals surface area contributed by atoms with E-state index in [0.717, 1.165) is 12.8 Å². The standard InChI is InChI=1S/C15H30O3/c1-8-16-15(18-17-13(3,4)5)10-12(2)9-14(6,7)11-15/h12H,8-11H2,1-7H3. The summed E-state index contributed by atoms with van der Waals surface area (Å²) in [6, 6.07) is 0. The van der Waals surface area contributed by atoms with Crippen LogP contribution in [0.2, 0.25) is 0 Å². The zero-order valence-corrected chi connectivity index (χ0v) is 13.1. The Kier molecular flexibility index (Phi) is 4.85. The molecule has 0 aromatic carbocycles. The fraction of sp³-hybridized carbons (Fsp3) is 1.00. The van der Waals surface area contributed by atoms with Gasteiger partial charge in [-0.15, -0.1) is 0 Å². The molecule has 1 rings (SSSR count). The highest BCUT2D eigenvalue weighted by atomic mass is 17.2. The predicted molar refractivity (Wildman–Crippen MR) is 73.1 cm³/mol. The molecule has 0 heterocycles. The van der Waals surface area contributed by atoms with Crippen LogP contribution in [0.25, 0.3) is 0 Å². The first-order chi connectivity index (χ1) is 8.08. The van der Waals surface area contributed by atoms with Crippen LogP contribution in [-0.2, 0) is 14.5 Å². The molecule has 2 unspecified atom stereocenters. The summed E-state index contributed by atoms with van der Waals surface area (Å²) in [5, 5.41) is 0. The first-order valence-electron chi connectivity index (χ1n) is 7.08. The minimum atomic E-state index is -0.580. The first-order valence-corrected chi connectivity index (χ1v) is 7.08. The molecule has 0 saturated heterocycles. The lowest BCUT2D eigenvalue weighted by Crippen LogP contribution is -2.47. The van der Waals surface area contributed by atoms with E-state index in [9.17, 15) is 0 Å². The SMILES string of the molecule is CCOC1(OOC(C)(C)C)CC(C)CC(C)(C)C1. The second kappa shape index (κ2) is 5.48. The van der Waals surface area contributed by atoms with Crippen LogP contribution in [0.15, 0.2) is 0 Å². The number of hydrogen-bond donors (Lipinski definition) is 0. The lowest BCUT2D eigenvalue weighted by molar-refractivity contribution is -0.471. The Morgan fingerprint density at radius 3 is 2.22 bits per heavy atom. The Balaban J connectivity index is 2.78. The summed E-state index contributed by atoms with van der Waals surface area (Å²) in [4.78, 5) is 11.3. The molecule has 108 valence electrons. The van der Waals surface area contributed by atoms with Gasteiger partial charge in [-0.2, -0.15) is 0 Å². The van der Waals surface area contributed by atoms with Crippen molar-refractivity contribution >= 4 is 0 Å². The van der Waals surface area contributed by atoms with Gasteiger partial charge < -0.3 is 4.74 Å². The largest absolute Gasteiger partial charge is 0.348 e. The molecule has 0 radical (unpaired) electrons. The molecule has 0 aromatic rings. The van der Waals surface area contributed by atoms with E-state index in [0.29, 0.717) is 12.5 Å². The maximum absolute atomic E-state index is 5.92. The summed E-state index contributed by atoms with van der Waals surface area (Å²) in [5.41, 5.74) is -0.0803. The third-order valence-electron chi connectivity index (χ3n) is 3.16. The number of hydrogen-bond acceptors (Lipinski definition) is 3. The molecule has 1 saturated carbocycles. The van der Waals surface area contributed by atoms with E-state index in [1.54, 1.807) is 0 Å². The summed E-state index contributed by atoms with van der Waals surface area (Å²) in [6.07, 6.45) is 3.00. The molecule has 0 aromatic heterocycles. The van der Waals surface area contributed by atoms with Crippen molar-refractivity contribution < 1.29 is 14.5 Å². The van der Waals surface area contributed by atoms with E-state index in [-0.39, 0.29) is 11.0 Å². The molecule has 0 spiro atoms. The lowest BCUT2D eigenvalue weighted by Gasteiger charge is -2.46. The highest BCUT2D eigenvalue weighted by Crippen LogP contribution is 2.46. The van der Waals surface area contributed by atoms with E-state index in [4.69, 9.17) is 14.5 Å². The van der Waals surface area contributed by atoms with Crippen molar-refractivity contribution in [3.63, 3.8) is 0 Å². The Labute approximate surface area is 112 Å². The molecule has 18 heavy (non-hydrogen) atoms. The molecular formula is C15H30O3. The van der Waals surface area contributed by atoms with Crippen molar-refractivity contribution in [2.24, 2.45) is 11.3 Å². The minimum Gasteiger partial charge on any atom is -0.348 e. The molecule has 0 amide bonds. The summed E-state index contributed by atoms with van der Waals surface area (Å²) in [6.45, 7) is 15.4. The summed E-state index contributed by atoms with van der Waals surface area (Å²) in [5.74, 6) is 0.00675. The van der Waals surface area contributed by atoms with Gasteiger partial charge in [-0.3, -0.25) is 0 Å². The van der Waals surface area contributed by atoms with Gasteiger partial charge in [0, 0.05) is 19.4 Å². The molecular weight excluding hydrogens is 228 g/mol. The maximum atomic E-state index is 5.92. The number of rotatable bonds is 4. The van der Waals surface area contributed by atoms with Crippen molar-refractivity contribution in [1.29, 1.82) is 0 Å². The average molecular weight is 258 g/mol. The van der Waals surface area contributed by atoms with Crippen LogP contribution in [0.1, 0.15) is 67.7 Å². The summed E-state index contributed by atoms with van der Waals surface area (Å²) < 4.78 is 5.92. The zero-order chi connectivity index (χ0) is 14.0. The fourth-order valence-electron chi connectivity index (χ4n) is 3.08.